The topological polar surface area (TPSA) is 62.2 Å². The third kappa shape index (κ3) is 4.78. The van der Waals surface area contributed by atoms with E-state index in [-0.39, 0.29) is 11.2 Å². The zero-order valence-corrected chi connectivity index (χ0v) is 16.3. The van der Waals surface area contributed by atoms with Gasteiger partial charge >= 0.3 is 6.03 Å². The van der Waals surface area contributed by atoms with Gasteiger partial charge in [0, 0.05) is 42.1 Å². The van der Waals surface area contributed by atoms with Crippen molar-refractivity contribution in [2.75, 3.05) is 30.3 Å². The lowest BCUT2D eigenvalue weighted by molar-refractivity contribution is 0.262. The molecule has 0 aliphatic carbocycles. The Bertz CT molecular complexity index is 920. The van der Waals surface area contributed by atoms with Crippen LogP contribution in [0.1, 0.15) is 13.8 Å². The van der Waals surface area contributed by atoms with Gasteiger partial charge in [0.1, 0.15) is 0 Å². The van der Waals surface area contributed by atoms with Crippen LogP contribution in [0.2, 0.25) is 5.15 Å². The van der Waals surface area contributed by atoms with Gasteiger partial charge in [0.25, 0.3) is 0 Å². The molecule has 0 saturated heterocycles. The van der Waals surface area contributed by atoms with E-state index in [2.05, 4.69) is 51.2 Å². The molecule has 2 aromatic heterocycles. The minimum atomic E-state index is -0.356. The van der Waals surface area contributed by atoms with Gasteiger partial charge in [0.2, 0.25) is 0 Å². The van der Waals surface area contributed by atoms with E-state index in [1.165, 1.54) is 0 Å². The molecule has 0 saturated carbocycles. The first-order valence-electron chi connectivity index (χ1n) is 9.10. The van der Waals surface area contributed by atoms with Gasteiger partial charge in [-0.2, -0.15) is 0 Å². The fraction of sp³-hybridized carbons (Fsp3) is 0.300. The second kappa shape index (κ2) is 8.88. The lowest BCUT2D eigenvalue weighted by atomic mass is 10.2. The van der Waals surface area contributed by atoms with E-state index in [0.29, 0.717) is 5.69 Å². The lowest BCUT2D eigenvalue weighted by Gasteiger charge is -2.18. The number of benzene rings is 1. The molecule has 0 radical (unpaired) electrons. The van der Waals surface area contributed by atoms with Crippen LogP contribution in [0.5, 0.6) is 0 Å². The molecule has 0 unspecified atom stereocenters. The molecule has 0 fully saturated rings. The highest BCUT2D eigenvalue weighted by Crippen LogP contribution is 2.22. The van der Waals surface area contributed by atoms with Gasteiger partial charge in [-0.1, -0.05) is 25.4 Å². The third-order valence-electron chi connectivity index (χ3n) is 4.59. The summed E-state index contributed by atoms with van der Waals surface area (Å²) in [6.07, 6.45) is 3.66. The van der Waals surface area contributed by atoms with Crippen molar-refractivity contribution in [3.63, 3.8) is 0 Å². The van der Waals surface area contributed by atoms with Gasteiger partial charge < -0.3 is 20.1 Å². The quantitative estimate of drug-likeness (QED) is 0.580. The molecule has 0 aliphatic heterocycles. The molecule has 27 heavy (non-hydrogen) atoms. The molecule has 0 spiro atoms. The number of pyridine rings is 1. The Hall–Kier alpha value is -2.57. The number of carbonyl (C=O) groups is 1. The van der Waals surface area contributed by atoms with E-state index in [1.54, 1.807) is 18.3 Å². The van der Waals surface area contributed by atoms with Crippen LogP contribution >= 0.6 is 11.6 Å². The fourth-order valence-electron chi connectivity index (χ4n) is 3.03. The van der Waals surface area contributed by atoms with Crippen LogP contribution in [-0.2, 0) is 6.54 Å². The molecule has 1 aromatic carbocycles. The Morgan fingerprint density at radius 1 is 1.19 bits per heavy atom. The number of fused-ring (bicyclic) bond motifs is 1. The molecule has 142 valence electrons. The molecular weight excluding hydrogens is 362 g/mol. The van der Waals surface area contributed by atoms with Crippen molar-refractivity contribution >= 4 is 39.9 Å². The SMILES string of the molecule is CCN(CC)CCn1ccc2cc(NC(=O)Nc3cccnc3Cl)ccc21. The predicted octanol–water partition coefficient (Wildman–Crippen LogP) is 4.68. The highest BCUT2D eigenvalue weighted by atomic mass is 35.5. The minimum absolute atomic E-state index is 0.258. The van der Waals surface area contributed by atoms with Gasteiger partial charge in [0.15, 0.2) is 5.15 Å². The molecule has 2 N–H and O–H groups in total. The lowest BCUT2D eigenvalue weighted by Crippen LogP contribution is -2.26. The van der Waals surface area contributed by atoms with Crippen molar-refractivity contribution in [2.45, 2.75) is 20.4 Å². The van der Waals surface area contributed by atoms with Gasteiger partial charge in [-0.3, -0.25) is 0 Å². The molecule has 2 amide bonds. The predicted molar refractivity (Wildman–Crippen MR) is 112 cm³/mol. The monoisotopic (exact) mass is 385 g/mol. The molecular formula is C20H24ClN5O. The first-order valence-corrected chi connectivity index (χ1v) is 9.48. The Morgan fingerprint density at radius 3 is 2.74 bits per heavy atom. The van der Waals surface area contributed by atoms with Crippen LogP contribution in [0.4, 0.5) is 16.2 Å². The summed E-state index contributed by atoms with van der Waals surface area (Å²) in [6, 6.07) is 11.0. The summed E-state index contributed by atoms with van der Waals surface area (Å²) < 4.78 is 2.24. The molecule has 0 atom stereocenters. The van der Waals surface area contributed by atoms with Gasteiger partial charge in [-0.25, -0.2) is 9.78 Å². The molecule has 0 bridgehead atoms. The summed E-state index contributed by atoms with van der Waals surface area (Å²) in [7, 11) is 0. The van der Waals surface area contributed by atoms with E-state index in [0.717, 1.165) is 42.8 Å². The molecule has 3 rings (SSSR count). The van der Waals surface area contributed by atoms with E-state index in [9.17, 15) is 4.79 Å². The molecule has 2 heterocycles. The number of amides is 2. The minimum Gasteiger partial charge on any atom is -0.346 e. The maximum absolute atomic E-state index is 12.2. The maximum Gasteiger partial charge on any atom is 0.323 e. The number of hydrogen-bond donors (Lipinski definition) is 2. The Labute approximate surface area is 164 Å². The largest absolute Gasteiger partial charge is 0.346 e. The number of likely N-dealkylation sites (N-methyl/N-ethyl adjacent to an activating group) is 1. The molecule has 0 aliphatic rings. The van der Waals surface area contributed by atoms with Crippen molar-refractivity contribution in [1.82, 2.24) is 14.5 Å². The number of carbonyl (C=O) groups excluding carboxylic acids is 1. The van der Waals surface area contributed by atoms with Crippen molar-refractivity contribution < 1.29 is 4.79 Å². The number of nitrogens with zero attached hydrogens (tertiary/aromatic N) is 3. The Kier molecular flexibility index (Phi) is 6.32. The second-order valence-electron chi connectivity index (χ2n) is 6.23. The average Bonchev–Trinajstić information content (AvgIpc) is 3.07. The third-order valence-corrected chi connectivity index (χ3v) is 4.89. The highest BCUT2D eigenvalue weighted by Gasteiger charge is 2.08. The first-order chi connectivity index (χ1) is 13.1. The summed E-state index contributed by atoms with van der Waals surface area (Å²) in [5.41, 5.74) is 2.35. The zero-order chi connectivity index (χ0) is 19.2. The maximum atomic E-state index is 12.2. The Balaban J connectivity index is 1.66. The standard InChI is InChI=1S/C20H24ClN5O/c1-3-25(4-2)12-13-26-11-9-15-14-16(7-8-18(15)26)23-20(27)24-17-6-5-10-22-19(17)21/h5-11,14H,3-4,12-13H2,1-2H3,(H2,23,24,27). The first kappa shape index (κ1) is 19.2. The van der Waals surface area contributed by atoms with Crippen LogP contribution in [0.25, 0.3) is 10.9 Å². The van der Waals surface area contributed by atoms with E-state index in [1.807, 2.05) is 18.2 Å². The van der Waals surface area contributed by atoms with Crippen LogP contribution < -0.4 is 10.6 Å². The summed E-state index contributed by atoms with van der Waals surface area (Å²) in [6.45, 7) is 8.43. The smallest absolute Gasteiger partial charge is 0.323 e. The molecule has 6 nitrogen and oxygen atoms in total. The number of anilines is 2. The Morgan fingerprint density at radius 2 is 2.00 bits per heavy atom. The van der Waals surface area contributed by atoms with Gasteiger partial charge in [0.05, 0.1) is 5.69 Å². The summed E-state index contributed by atoms with van der Waals surface area (Å²) in [4.78, 5) is 18.5. The number of rotatable bonds is 7. The number of halogens is 1. The number of urea groups is 1. The number of nitrogens with one attached hydrogen (secondary N) is 2. The van der Waals surface area contributed by atoms with E-state index in [4.69, 9.17) is 11.6 Å². The average molecular weight is 386 g/mol. The second-order valence-corrected chi connectivity index (χ2v) is 6.59. The van der Waals surface area contributed by atoms with Crippen LogP contribution in [0.3, 0.4) is 0 Å². The van der Waals surface area contributed by atoms with E-state index < -0.39 is 0 Å². The van der Waals surface area contributed by atoms with Crippen LogP contribution in [0, 0.1) is 0 Å². The van der Waals surface area contributed by atoms with E-state index >= 15 is 0 Å². The summed E-state index contributed by atoms with van der Waals surface area (Å²) in [5.74, 6) is 0. The van der Waals surface area contributed by atoms with Crippen molar-refractivity contribution in [3.05, 3.63) is 53.9 Å². The summed E-state index contributed by atoms with van der Waals surface area (Å²) >= 11 is 5.97. The highest BCUT2D eigenvalue weighted by molar-refractivity contribution is 6.32. The normalized spacial score (nSPS) is 11.1. The zero-order valence-electron chi connectivity index (χ0n) is 15.6. The summed E-state index contributed by atoms with van der Waals surface area (Å²) in [5, 5.41) is 6.88. The van der Waals surface area contributed by atoms with Crippen molar-refractivity contribution in [1.29, 1.82) is 0 Å². The molecule has 7 heteroatoms. The number of hydrogen-bond acceptors (Lipinski definition) is 3. The number of aromatic nitrogens is 2. The van der Waals surface area contributed by atoms with Crippen LogP contribution in [-0.4, -0.2) is 40.1 Å². The fourth-order valence-corrected chi connectivity index (χ4v) is 3.19. The van der Waals surface area contributed by atoms with Crippen molar-refractivity contribution in [2.24, 2.45) is 0 Å². The van der Waals surface area contributed by atoms with Gasteiger partial charge in [-0.15, -0.1) is 0 Å². The van der Waals surface area contributed by atoms with Crippen LogP contribution in [0.15, 0.2) is 48.8 Å². The van der Waals surface area contributed by atoms with Crippen molar-refractivity contribution in [3.8, 4) is 0 Å². The molecule has 3 aromatic rings. The van der Waals surface area contributed by atoms with Gasteiger partial charge in [-0.05, 0) is 49.5 Å².